The second kappa shape index (κ2) is 7.16. The van der Waals surface area contributed by atoms with Gasteiger partial charge in [0.15, 0.2) is 5.82 Å². The van der Waals surface area contributed by atoms with E-state index in [0.29, 0.717) is 23.8 Å². The average molecular weight is 391 g/mol. The van der Waals surface area contributed by atoms with Crippen LogP contribution in [0.4, 0.5) is 0 Å². The Bertz CT molecular complexity index is 1160. The van der Waals surface area contributed by atoms with E-state index < -0.39 is 0 Å². The van der Waals surface area contributed by atoms with Gasteiger partial charge in [-0.1, -0.05) is 30.1 Å². The highest BCUT2D eigenvalue weighted by Crippen LogP contribution is 2.32. The number of nitrogens with zero attached hydrogens (tertiary/aromatic N) is 6. The first-order chi connectivity index (χ1) is 14.2. The molecule has 9 nitrogen and oxygen atoms in total. The fourth-order valence-electron chi connectivity index (χ4n) is 3.94. The summed E-state index contributed by atoms with van der Waals surface area (Å²) in [7, 11) is 1.84. The molecule has 1 N–H and O–H groups in total. The van der Waals surface area contributed by atoms with E-state index in [4.69, 9.17) is 4.52 Å². The van der Waals surface area contributed by atoms with Crippen molar-refractivity contribution in [1.82, 2.24) is 35.0 Å². The number of amides is 1. The molecule has 9 heteroatoms. The van der Waals surface area contributed by atoms with Gasteiger partial charge in [0.25, 0.3) is 11.8 Å². The van der Waals surface area contributed by atoms with Crippen molar-refractivity contribution in [2.24, 2.45) is 7.05 Å². The van der Waals surface area contributed by atoms with Crippen LogP contribution in [-0.2, 0) is 7.05 Å². The molecule has 1 aromatic carbocycles. The summed E-state index contributed by atoms with van der Waals surface area (Å²) in [5, 5.41) is 16.3. The number of para-hydroxylation sites is 1. The van der Waals surface area contributed by atoms with Crippen LogP contribution in [0.2, 0.25) is 0 Å². The molecule has 0 aliphatic carbocycles. The molecule has 1 saturated heterocycles. The standard InChI is InChI=1S/C20H21N7O2/c1-26-12-14(11-22-26)19-23-18(25-29-19)16-8-3-2-4-9-27(16)20(28)15-7-5-6-13-10-21-24-17(13)15/h5-7,10-12,16H,2-4,8-9H2,1H3,(H,21,24). The third kappa shape index (κ3) is 3.18. The van der Waals surface area contributed by atoms with Crippen LogP contribution in [0.15, 0.2) is 41.3 Å². The van der Waals surface area contributed by atoms with E-state index in [1.807, 2.05) is 36.3 Å². The number of aromatic amines is 1. The second-order valence-corrected chi connectivity index (χ2v) is 7.36. The van der Waals surface area contributed by atoms with Crippen LogP contribution in [0.3, 0.4) is 0 Å². The second-order valence-electron chi connectivity index (χ2n) is 7.36. The Morgan fingerprint density at radius 2 is 2.17 bits per heavy atom. The van der Waals surface area contributed by atoms with Crippen molar-refractivity contribution in [3.05, 3.63) is 48.2 Å². The van der Waals surface area contributed by atoms with Crippen LogP contribution >= 0.6 is 0 Å². The van der Waals surface area contributed by atoms with Gasteiger partial charge in [-0.25, -0.2) is 0 Å². The fourth-order valence-corrected chi connectivity index (χ4v) is 3.94. The molecule has 4 aromatic rings. The Morgan fingerprint density at radius 3 is 3.03 bits per heavy atom. The van der Waals surface area contributed by atoms with E-state index in [9.17, 15) is 4.79 Å². The maximum absolute atomic E-state index is 13.5. The lowest BCUT2D eigenvalue weighted by Gasteiger charge is -2.28. The molecule has 0 radical (unpaired) electrons. The number of fused-ring (bicyclic) bond motifs is 1. The van der Waals surface area contributed by atoms with E-state index in [1.165, 1.54) is 0 Å². The zero-order chi connectivity index (χ0) is 19.8. The van der Waals surface area contributed by atoms with Gasteiger partial charge in [0, 0.05) is 25.2 Å². The van der Waals surface area contributed by atoms with Crippen LogP contribution in [0.25, 0.3) is 22.4 Å². The largest absolute Gasteiger partial charge is 0.334 e. The predicted octanol–water partition coefficient (Wildman–Crippen LogP) is 3.10. The number of aryl methyl sites for hydroxylation is 1. The first-order valence-corrected chi connectivity index (χ1v) is 9.76. The zero-order valence-corrected chi connectivity index (χ0v) is 16.1. The summed E-state index contributed by atoms with van der Waals surface area (Å²) in [6.07, 6.45) is 9.08. The topological polar surface area (TPSA) is 106 Å². The first kappa shape index (κ1) is 17.6. The van der Waals surface area contributed by atoms with E-state index in [-0.39, 0.29) is 11.9 Å². The van der Waals surface area contributed by atoms with Gasteiger partial charge >= 0.3 is 0 Å². The van der Waals surface area contributed by atoms with E-state index in [1.54, 1.807) is 17.1 Å². The highest BCUT2D eigenvalue weighted by Gasteiger charge is 2.32. The number of likely N-dealkylation sites (tertiary alicyclic amines) is 1. The molecule has 0 bridgehead atoms. The minimum Gasteiger partial charge on any atom is -0.334 e. The van der Waals surface area contributed by atoms with E-state index >= 15 is 0 Å². The smallest absolute Gasteiger partial charge is 0.261 e. The predicted molar refractivity (Wildman–Crippen MR) is 105 cm³/mol. The van der Waals surface area contributed by atoms with Crippen molar-refractivity contribution >= 4 is 16.8 Å². The lowest BCUT2D eigenvalue weighted by Crippen LogP contribution is -2.35. The number of nitrogens with one attached hydrogen (secondary N) is 1. The molecule has 1 atom stereocenters. The summed E-state index contributed by atoms with van der Waals surface area (Å²) in [6, 6.07) is 5.43. The molecule has 1 aliphatic rings. The number of benzene rings is 1. The minimum atomic E-state index is -0.225. The summed E-state index contributed by atoms with van der Waals surface area (Å²) < 4.78 is 7.17. The number of carbonyl (C=O) groups excluding carboxylic acids is 1. The van der Waals surface area contributed by atoms with Crippen LogP contribution in [0.5, 0.6) is 0 Å². The highest BCUT2D eigenvalue weighted by atomic mass is 16.5. The number of aromatic nitrogens is 6. The Hall–Kier alpha value is -3.49. The summed E-state index contributed by atoms with van der Waals surface area (Å²) in [5.41, 5.74) is 2.13. The maximum atomic E-state index is 13.5. The van der Waals surface area contributed by atoms with Gasteiger partial charge < -0.3 is 9.42 Å². The quantitative estimate of drug-likeness (QED) is 0.575. The number of hydrogen-bond acceptors (Lipinski definition) is 6. The number of hydrogen-bond donors (Lipinski definition) is 1. The van der Waals surface area contributed by atoms with Crippen molar-refractivity contribution in [3.63, 3.8) is 0 Å². The molecule has 29 heavy (non-hydrogen) atoms. The fraction of sp³-hybridized carbons (Fsp3) is 0.350. The van der Waals surface area contributed by atoms with Gasteiger partial charge in [-0.05, 0) is 18.9 Å². The van der Waals surface area contributed by atoms with E-state index in [0.717, 1.165) is 42.1 Å². The molecule has 1 unspecified atom stereocenters. The zero-order valence-electron chi connectivity index (χ0n) is 16.1. The van der Waals surface area contributed by atoms with Gasteiger partial charge in [-0.15, -0.1) is 0 Å². The van der Waals surface area contributed by atoms with Crippen LogP contribution in [0.1, 0.15) is 47.9 Å². The third-order valence-corrected chi connectivity index (χ3v) is 5.41. The third-order valence-electron chi connectivity index (χ3n) is 5.41. The van der Waals surface area contributed by atoms with Crippen molar-refractivity contribution < 1.29 is 9.32 Å². The highest BCUT2D eigenvalue weighted by molar-refractivity contribution is 6.05. The van der Waals surface area contributed by atoms with Gasteiger partial charge in [-0.3, -0.25) is 14.6 Å². The molecule has 4 heterocycles. The first-order valence-electron chi connectivity index (χ1n) is 9.76. The number of carbonyl (C=O) groups is 1. The number of H-pyrrole nitrogens is 1. The lowest BCUT2D eigenvalue weighted by molar-refractivity contribution is 0.0672. The van der Waals surface area contributed by atoms with Crippen molar-refractivity contribution in [1.29, 1.82) is 0 Å². The van der Waals surface area contributed by atoms with Crippen LogP contribution in [0, 0.1) is 0 Å². The molecule has 5 rings (SSSR count). The Labute approximate surface area is 166 Å². The van der Waals surface area contributed by atoms with Gasteiger partial charge in [0.05, 0.1) is 35.1 Å². The van der Waals surface area contributed by atoms with Gasteiger partial charge in [-0.2, -0.15) is 15.2 Å². The summed E-state index contributed by atoms with van der Waals surface area (Å²) in [4.78, 5) is 20.0. The molecule has 0 spiro atoms. The van der Waals surface area contributed by atoms with Crippen LogP contribution in [-0.4, -0.2) is 47.5 Å². The summed E-state index contributed by atoms with van der Waals surface area (Å²) in [5.74, 6) is 0.913. The molecule has 1 amide bonds. The van der Waals surface area contributed by atoms with Crippen molar-refractivity contribution in [2.75, 3.05) is 6.54 Å². The van der Waals surface area contributed by atoms with Crippen molar-refractivity contribution in [2.45, 2.75) is 31.7 Å². The molecule has 148 valence electrons. The van der Waals surface area contributed by atoms with Crippen molar-refractivity contribution in [3.8, 4) is 11.5 Å². The molecule has 3 aromatic heterocycles. The van der Waals surface area contributed by atoms with Gasteiger partial charge in [0.1, 0.15) is 0 Å². The Kier molecular flexibility index (Phi) is 4.34. The monoisotopic (exact) mass is 391 g/mol. The minimum absolute atomic E-state index is 0.0422. The normalized spacial score (nSPS) is 17.6. The summed E-state index contributed by atoms with van der Waals surface area (Å²) >= 11 is 0. The molecule has 0 saturated carbocycles. The average Bonchev–Trinajstić information content (AvgIpc) is 3.45. The molecular formula is C20H21N7O2. The lowest BCUT2D eigenvalue weighted by atomic mass is 10.1. The van der Waals surface area contributed by atoms with Gasteiger partial charge in [0.2, 0.25) is 0 Å². The Balaban J connectivity index is 1.50. The maximum Gasteiger partial charge on any atom is 0.261 e. The Morgan fingerprint density at radius 1 is 1.24 bits per heavy atom. The number of rotatable bonds is 3. The molecule has 1 aliphatic heterocycles. The SMILES string of the molecule is Cn1cc(-c2nc(C3CCCCCN3C(=O)c3cccc4cn[nH]c34)no2)cn1. The molecule has 1 fully saturated rings. The van der Waals surface area contributed by atoms with Crippen LogP contribution < -0.4 is 0 Å². The summed E-state index contributed by atoms with van der Waals surface area (Å²) in [6.45, 7) is 0.658. The van der Waals surface area contributed by atoms with E-state index in [2.05, 4.69) is 25.4 Å². The molecular weight excluding hydrogens is 370 g/mol.